The fraction of sp³-hybridized carbons (Fsp3) is 0.605. The van der Waals surface area contributed by atoms with Crippen molar-refractivity contribution in [1.82, 2.24) is 20.2 Å². The normalized spacial score (nSPS) is 28.3. The lowest BCUT2D eigenvalue weighted by Gasteiger charge is -2.26. The smallest absolute Gasteiger partial charge is 0.329 e. The summed E-state index contributed by atoms with van der Waals surface area (Å²) in [5.41, 5.74) is 1.94. The minimum absolute atomic E-state index is 0.0756. The van der Waals surface area contributed by atoms with Crippen LogP contribution >= 0.6 is 11.3 Å². The Morgan fingerprint density at radius 1 is 0.980 bits per heavy atom. The van der Waals surface area contributed by atoms with Crippen molar-refractivity contribution in [3.8, 4) is 22.9 Å². The molecule has 3 aliphatic carbocycles. The number of benzene rings is 1. The molecule has 5 atom stereocenters. The zero-order valence-electron chi connectivity index (χ0n) is 28.8. The molecule has 4 fully saturated rings. The molecule has 3 heterocycles. The van der Waals surface area contributed by atoms with Crippen LogP contribution in [0.3, 0.4) is 0 Å². The molecule has 49 heavy (non-hydrogen) atoms. The van der Waals surface area contributed by atoms with Gasteiger partial charge in [0.15, 0.2) is 0 Å². The summed E-state index contributed by atoms with van der Waals surface area (Å²) in [7, 11) is 3.45. The molecular weight excluding hydrogens is 641 g/mol. The topological polar surface area (TPSA) is 131 Å². The molecule has 0 bridgehead atoms. The third-order valence-electron chi connectivity index (χ3n) is 11.6. The van der Waals surface area contributed by atoms with Crippen molar-refractivity contribution in [1.29, 1.82) is 0 Å². The minimum atomic E-state index is -1.24. The summed E-state index contributed by atoms with van der Waals surface area (Å²) in [5, 5.41) is 17.2. The number of hydrogen-bond donors (Lipinski definition) is 2. The van der Waals surface area contributed by atoms with E-state index < -0.39 is 29.4 Å². The molecule has 10 nitrogen and oxygen atoms in total. The fourth-order valence-corrected chi connectivity index (χ4v) is 9.53. The number of nitrogens with zero attached hydrogens (tertiary/aromatic N) is 3. The average Bonchev–Trinajstić information content (AvgIpc) is 3.40. The van der Waals surface area contributed by atoms with Crippen LogP contribution in [0.2, 0.25) is 0 Å². The van der Waals surface area contributed by atoms with Crippen LogP contribution in [-0.4, -0.2) is 70.1 Å². The number of hydrogen-bond acceptors (Lipinski definition) is 8. The molecule has 11 heteroatoms. The zero-order valence-corrected chi connectivity index (χ0v) is 29.7. The van der Waals surface area contributed by atoms with Gasteiger partial charge in [0, 0.05) is 41.9 Å². The SMILES string of the molecule is COc1ccc2c(O[C@@H]3C[C@H]4C(=O)N[C@]5(C(=O)O)C[C@H]5CCCCCCN(C)C(=O)[C@@H]4C3)cc(-c3csc(C4CCCCC4)n3)nc2c1C. The minimum Gasteiger partial charge on any atom is -0.496 e. The number of methoxy groups -OCH3 is 1. The molecule has 0 unspecified atom stereocenters. The van der Waals surface area contributed by atoms with Crippen LogP contribution in [0, 0.1) is 24.7 Å². The summed E-state index contributed by atoms with van der Waals surface area (Å²) < 4.78 is 12.4. The molecule has 3 aromatic rings. The summed E-state index contributed by atoms with van der Waals surface area (Å²) in [6.07, 6.45) is 11.3. The van der Waals surface area contributed by atoms with Gasteiger partial charge in [-0.15, -0.1) is 11.3 Å². The van der Waals surface area contributed by atoms with Crippen molar-refractivity contribution < 1.29 is 29.0 Å². The Bertz CT molecular complexity index is 1740. The van der Waals surface area contributed by atoms with Crippen molar-refractivity contribution >= 4 is 40.0 Å². The van der Waals surface area contributed by atoms with E-state index in [0.29, 0.717) is 43.2 Å². The standard InChI is InChI=1S/C38H48N4O6S/c1-22-31(47-3)15-14-26-32(19-29(39-33(22)26)30-21-49-35(40-30)23-11-7-6-8-12-23)48-25-17-27-28(18-25)36(44)42(2)16-10-5-4-9-13-24-20-38(24,37(45)46)41-34(27)43/h14-15,19,21,23-25,27-28H,4-13,16-18,20H2,1-3H3,(H,41,43)(H,45,46)/t24-,25-,27-,28-,38-/m1/s1. The maximum absolute atomic E-state index is 13.9. The molecular formula is C38H48N4O6S. The highest BCUT2D eigenvalue weighted by Crippen LogP contribution is 2.49. The van der Waals surface area contributed by atoms with Gasteiger partial charge in [-0.3, -0.25) is 9.59 Å². The van der Waals surface area contributed by atoms with Crippen molar-refractivity contribution in [2.75, 3.05) is 20.7 Å². The van der Waals surface area contributed by atoms with Gasteiger partial charge in [-0.25, -0.2) is 14.8 Å². The Hall–Kier alpha value is -3.73. The zero-order chi connectivity index (χ0) is 34.3. The van der Waals surface area contributed by atoms with Crippen molar-refractivity contribution in [2.24, 2.45) is 17.8 Å². The number of rotatable bonds is 6. The van der Waals surface area contributed by atoms with Crippen molar-refractivity contribution in [3.05, 3.63) is 34.2 Å². The maximum Gasteiger partial charge on any atom is 0.329 e. The number of aryl methyl sites for hydroxylation is 1. The van der Waals surface area contributed by atoms with Crippen LogP contribution in [0.15, 0.2) is 23.6 Å². The van der Waals surface area contributed by atoms with E-state index in [4.69, 9.17) is 19.4 Å². The highest BCUT2D eigenvalue weighted by Gasteiger charge is 2.62. The summed E-state index contributed by atoms with van der Waals surface area (Å²) in [6.45, 7) is 2.62. The van der Waals surface area contributed by atoms with Crippen molar-refractivity contribution in [3.63, 3.8) is 0 Å². The number of nitrogens with one attached hydrogen (secondary N) is 1. The van der Waals surface area contributed by atoms with E-state index in [1.807, 2.05) is 25.1 Å². The molecule has 2 amide bonds. The van der Waals surface area contributed by atoms with Gasteiger partial charge in [0.2, 0.25) is 11.8 Å². The van der Waals surface area contributed by atoms with Gasteiger partial charge in [0.1, 0.15) is 23.1 Å². The quantitative estimate of drug-likeness (QED) is 0.287. The first kappa shape index (κ1) is 33.8. The van der Waals surface area contributed by atoms with Gasteiger partial charge < -0.3 is 24.8 Å². The summed E-state index contributed by atoms with van der Waals surface area (Å²) in [6, 6.07) is 5.79. The third kappa shape index (κ3) is 6.62. The second-order valence-corrected chi connectivity index (χ2v) is 15.6. The van der Waals surface area contributed by atoms with E-state index >= 15 is 0 Å². The number of ether oxygens (including phenoxy) is 2. The van der Waals surface area contributed by atoms with Crippen LogP contribution in [0.25, 0.3) is 22.3 Å². The van der Waals surface area contributed by atoms with Crippen LogP contribution in [0.5, 0.6) is 11.5 Å². The predicted molar refractivity (Wildman–Crippen MR) is 188 cm³/mol. The molecule has 1 aliphatic heterocycles. The monoisotopic (exact) mass is 688 g/mol. The second kappa shape index (κ2) is 13.9. The number of carboxylic acid groups (broad SMARTS) is 1. The number of carboxylic acids is 1. The van der Waals surface area contributed by atoms with Gasteiger partial charge in [-0.1, -0.05) is 38.5 Å². The lowest BCUT2D eigenvalue weighted by Crippen LogP contribution is -2.49. The fourth-order valence-electron chi connectivity index (χ4n) is 8.55. The Morgan fingerprint density at radius 3 is 2.49 bits per heavy atom. The number of carbonyl (C=O) groups excluding carboxylic acids is 2. The average molecular weight is 689 g/mol. The van der Waals surface area contributed by atoms with Gasteiger partial charge in [0.05, 0.1) is 40.9 Å². The Morgan fingerprint density at radius 2 is 1.71 bits per heavy atom. The van der Waals surface area contributed by atoms with Crippen LogP contribution < -0.4 is 14.8 Å². The first-order valence-corrected chi connectivity index (χ1v) is 19.0. The lowest BCUT2D eigenvalue weighted by atomic mass is 9.90. The van der Waals surface area contributed by atoms with E-state index in [0.717, 1.165) is 65.0 Å². The van der Waals surface area contributed by atoms with Crippen LogP contribution in [-0.2, 0) is 14.4 Å². The first-order chi connectivity index (χ1) is 23.7. The van der Waals surface area contributed by atoms with E-state index in [2.05, 4.69) is 10.7 Å². The highest BCUT2D eigenvalue weighted by atomic mass is 32.1. The van der Waals surface area contributed by atoms with Crippen molar-refractivity contribution in [2.45, 2.75) is 108 Å². The number of aromatic nitrogens is 2. The molecule has 1 aromatic carbocycles. The van der Waals surface area contributed by atoms with E-state index in [9.17, 15) is 19.5 Å². The molecule has 3 saturated carbocycles. The maximum atomic E-state index is 13.9. The molecule has 0 radical (unpaired) electrons. The Labute approximate surface area is 292 Å². The van der Waals surface area contributed by atoms with Gasteiger partial charge in [-0.05, 0) is 69.9 Å². The number of aliphatic carboxylic acids is 1. The van der Waals surface area contributed by atoms with Gasteiger partial charge in [0.25, 0.3) is 0 Å². The molecule has 1 saturated heterocycles. The molecule has 7 rings (SSSR count). The Balaban J connectivity index is 1.21. The lowest BCUT2D eigenvalue weighted by molar-refractivity contribution is -0.145. The molecule has 2 N–H and O–H groups in total. The highest BCUT2D eigenvalue weighted by molar-refractivity contribution is 7.10. The van der Waals surface area contributed by atoms with Crippen LogP contribution in [0.4, 0.5) is 0 Å². The van der Waals surface area contributed by atoms with Gasteiger partial charge in [-0.2, -0.15) is 0 Å². The van der Waals surface area contributed by atoms with E-state index in [1.54, 1.807) is 30.4 Å². The number of pyridine rings is 1. The molecule has 262 valence electrons. The number of fused-ring (bicyclic) bond motifs is 3. The molecule has 2 aromatic heterocycles. The van der Waals surface area contributed by atoms with E-state index in [-0.39, 0.29) is 17.7 Å². The largest absolute Gasteiger partial charge is 0.496 e. The third-order valence-corrected chi connectivity index (χ3v) is 12.6. The predicted octanol–water partition coefficient (Wildman–Crippen LogP) is 6.88. The first-order valence-electron chi connectivity index (χ1n) is 18.1. The molecule has 0 spiro atoms. The van der Waals surface area contributed by atoms with Crippen LogP contribution in [0.1, 0.15) is 100.0 Å². The Kier molecular flexibility index (Phi) is 9.56. The summed E-state index contributed by atoms with van der Waals surface area (Å²) >= 11 is 1.69. The second-order valence-electron chi connectivity index (χ2n) is 14.8. The number of thiazole rings is 1. The number of carbonyl (C=O) groups is 3. The van der Waals surface area contributed by atoms with Gasteiger partial charge >= 0.3 is 5.97 Å². The number of amides is 2. The van der Waals surface area contributed by atoms with E-state index in [1.165, 1.54) is 32.1 Å². The molecule has 4 aliphatic rings. The summed E-state index contributed by atoms with van der Waals surface area (Å²) in [5.74, 6) is -0.962. The summed E-state index contributed by atoms with van der Waals surface area (Å²) in [4.78, 5) is 52.1.